The smallest absolute Gasteiger partial charge is 0.239 e. The molecule has 5 heteroatoms. The monoisotopic (exact) mass is 303 g/mol. The molecule has 0 radical (unpaired) electrons. The summed E-state index contributed by atoms with van der Waals surface area (Å²) in [5.41, 5.74) is 0. The van der Waals surface area contributed by atoms with Crippen LogP contribution in [0.5, 0.6) is 0 Å². The number of amides is 1. The molecule has 72 valence electrons. The quantitative estimate of drug-likeness (QED) is 0.269. The van der Waals surface area contributed by atoms with Gasteiger partial charge in [0.25, 0.3) is 0 Å². The first-order valence-electron chi connectivity index (χ1n) is 3.73. The van der Waals surface area contributed by atoms with Crippen LogP contribution in [0.15, 0.2) is 0 Å². The molecule has 1 amide bonds. The van der Waals surface area contributed by atoms with Crippen molar-refractivity contribution in [2.45, 2.75) is 0 Å². The van der Waals surface area contributed by atoms with Crippen LogP contribution in [0.1, 0.15) is 0 Å². The van der Waals surface area contributed by atoms with E-state index >= 15 is 0 Å². The molecule has 0 aromatic rings. The normalized spacial score (nSPS) is 11.3. The molecular weight excluding hydrogens is 287 g/mol. The fourth-order valence-corrected chi connectivity index (χ4v) is 1.90. The van der Waals surface area contributed by atoms with Gasteiger partial charge < -0.3 is 4.48 Å². The van der Waals surface area contributed by atoms with Gasteiger partial charge in [0.1, 0.15) is 0 Å². The van der Waals surface area contributed by atoms with E-state index in [1.54, 1.807) is 0 Å². The third-order valence-corrected chi connectivity index (χ3v) is 2.62. The van der Waals surface area contributed by atoms with Gasteiger partial charge in [-0.2, -0.15) is 0 Å². The minimum absolute atomic E-state index is 0.0991. The summed E-state index contributed by atoms with van der Waals surface area (Å²) >= 11 is 3.54. The third-order valence-electron chi connectivity index (χ3n) is 1.17. The Hall–Kier alpha value is 0.510. The Labute approximate surface area is 92.1 Å². The molecule has 0 aliphatic carbocycles. The molecule has 0 aromatic carbocycles. The topological polar surface area (TPSA) is 29.1 Å². The Morgan fingerprint density at radius 1 is 1.50 bits per heavy atom. The summed E-state index contributed by atoms with van der Waals surface area (Å²) in [6.45, 7) is 1.06. The molecule has 0 heterocycles. The molecule has 0 bridgehead atoms. The average molecular weight is 303 g/mol. The number of carbonyl (C=O) groups is 1. The van der Waals surface area contributed by atoms with Gasteiger partial charge in [0.2, 0.25) is 5.91 Å². The lowest BCUT2D eigenvalue weighted by atomic mass is 10.6. The number of carbonyl (C=O) groups excluding carboxylic acids is 1. The number of nitrogens with zero attached hydrogens (tertiary/aromatic N) is 1. The van der Waals surface area contributed by atoms with Gasteiger partial charge >= 0.3 is 0 Å². The van der Waals surface area contributed by atoms with Crippen molar-refractivity contribution in [2.75, 3.05) is 37.9 Å². The van der Waals surface area contributed by atoms with Crippen molar-refractivity contribution in [1.82, 2.24) is 4.72 Å². The standard InChI is InChI=1S/C7H15IN2OS/c1-10(2,3)4-5-12-9-7(11)6-8/h4-6H2,1-3H3/p+1. The van der Waals surface area contributed by atoms with Crippen molar-refractivity contribution >= 4 is 40.4 Å². The van der Waals surface area contributed by atoms with Crippen LogP contribution in [0.2, 0.25) is 0 Å². The Bertz CT molecular complexity index is 147. The Kier molecular flexibility index (Phi) is 6.30. The van der Waals surface area contributed by atoms with E-state index in [-0.39, 0.29) is 5.91 Å². The molecule has 0 atom stereocenters. The van der Waals surface area contributed by atoms with E-state index in [9.17, 15) is 4.79 Å². The van der Waals surface area contributed by atoms with Crippen LogP contribution in [0.25, 0.3) is 0 Å². The molecule has 1 N–H and O–H groups in total. The molecule has 0 unspecified atom stereocenters. The Balaban J connectivity index is 3.28. The van der Waals surface area contributed by atoms with Crippen molar-refractivity contribution in [3.05, 3.63) is 0 Å². The second-order valence-electron chi connectivity index (χ2n) is 3.52. The molecule has 0 rings (SSSR count). The molecule has 12 heavy (non-hydrogen) atoms. The van der Waals surface area contributed by atoms with Crippen molar-refractivity contribution in [1.29, 1.82) is 0 Å². The minimum atomic E-state index is 0.0991. The molecule has 0 fully saturated rings. The molecule has 0 aliphatic heterocycles. The minimum Gasteiger partial charge on any atom is -0.330 e. The number of nitrogens with one attached hydrogen (secondary N) is 1. The number of halogens is 1. The van der Waals surface area contributed by atoms with Crippen LogP contribution in [0.3, 0.4) is 0 Å². The number of quaternary nitrogens is 1. The summed E-state index contributed by atoms with van der Waals surface area (Å²) in [5.74, 6) is 1.06. The highest BCUT2D eigenvalue weighted by atomic mass is 127. The van der Waals surface area contributed by atoms with E-state index < -0.39 is 0 Å². The summed E-state index contributed by atoms with van der Waals surface area (Å²) in [6, 6.07) is 0. The number of hydrogen-bond donors (Lipinski definition) is 1. The van der Waals surface area contributed by atoms with Crippen LogP contribution >= 0.6 is 34.5 Å². The van der Waals surface area contributed by atoms with Gasteiger partial charge in [-0.05, 0) is 11.9 Å². The van der Waals surface area contributed by atoms with E-state index in [4.69, 9.17) is 0 Å². The van der Waals surface area contributed by atoms with Crippen molar-refractivity contribution in [3.8, 4) is 0 Å². The van der Waals surface area contributed by atoms with Gasteiger partial charge in [0, 0.05) is 0 Å². The van der Waals surface area contributed by atoms with E-state index in [2.05, 4.69) is 48.5 Å². The van der Waals surface area contributed by atoms with Gasteiger partial charge in [-0.1, -0.05) is 22.6 Å². The first kappa shape index (κ1) is 12.5. The SMILES string of the molecule is C[N+](C)(C)CCSNC(=O)CI. The summed E-state index contributed by atoms with van der Waals surface area (Å²) in [7, 11) is 6.42. The van der Waals surface area contributed by atoms with Crippen molar-refractivity contribution < 1.29 is 9.28 Å². The van der Waals surface area contributed by atoms with E-state index in [1.165, 1.54) is 11.9 Å². The van der Waals surface area contributed by atoms with E-state index in [0.717, 1.165) is 16.8 Å². The molecule has 0 aromatic heterocycles. The molecule has 3 nitrogen and oxygen atoms in total. The molecule has 0 saturated heterocycles. The fourth-order valence-electron chi connectivity index (χ4n) is 0.478. The maximum Gasteiger partial charge on any atom is 0.239 e. The van der Waals surface area contributed by atoms with Crippen LogP contribution in [0.4, 0.5) is 0 Å². The third kappa shape index (κ3) is 8.61. The van der Waals surface area contributed by atoms with E-state index in [1.807, 2.05) is 0 Å². The second kappa shape index (κ2) is 6.04. The predicted molar refractivity (Wildman–Crippen MR) is 62.4 cm³/mol. The Morgan fingerprint density at radius 2 is 2.08 bits per heavy atom. The predicted octanol–water partition coefficient (Wildman–Crippen LogP) is 0.892. The van der Waals surface area contributed by atoms with Gasteiger partial charge in [0.05, 0.1) is 37.9 Å². The first-order chi connectivity index (χ1) is 5.45. The largest absolute Gasteiger partial charge is 0.330 e. The zero-order chi connectivity index (χ0) is 9.61. The summed E-state index contributed by atoms with van der Waals surface area (Å²) < 4.78 is 4.24. The number of hydrogen-bond acceptors (Lipinski definition) is 2. The fraction of sp³-hybridized carbons (Fsp3) is 0.857. The summed E-state index contributed by atoms with van der Waals surface area (Å²) in [4.78, 5) is 10.8. The summed E-state index contributed by atoms with van der Waals surface area (Å²) in [6.07, 6.45) is 0. The summed E-state index contributed by atoms with van der Waals surface area (Å²) in [5, 5.41) is 0. The van der Waals surface area contributed by atoms with Crippen molar-refractivity contribution in [2.24, 2.45) is 0 Å². The second-order valence-corrected chi connectivity index (χ2v) is 5.19. The lowest BCUT2D eigenvalue weighted by Gasteiger charge is -2.23. The van der Waals surface area contributed by atoms with E-state index in [0.29, 0.717) is 4.43 Å². The van der Waals surface area contributed by atoms with Gasteiger partial charge in [-0.3, -0.25) is 9.52 Å². The van der Waals surface area contributed by atoms with Gasteiger partial charge in [0.15, 0.2) is 0 Å². The highest BCUT2D eigenvalue weighted by molar-refractivity contribution is 14.1. The number of rotatable bonds is 5. The van der Waals surface area contributed by atoms with Gasteiger partial charge in [-0.25, -0.2) is 0 Å². The van der Waals surface area contributed by atoms with Crippen molar-refractivity contribution in [3.63, 3.8) is 0 Å². The molecule has 0 spiro atoms. The zero-order valence-corrected chi connectivity index (χ0v) is 10.7. The molecular formula is C7H16IN2OS+. The Morgan fingerprint density at radius 3 is 2.50 bits per heavy atom. The maximum atomic E-state index is 10.8. The first-order valence-corrected chi connectivity index (χ1v) is 6.24. The van der Waals surface area contributed by atoms with Gasteiger partial charge in [-0.15, -0.1) is 0 Å². The van der Waals surface area contributed by atoms with Crippen LogP contribution in [-0.4, -0.2) is 48.3 Å². The highest BCUT2D eigenvalue weighted by Gasteiger charge is 2.06. The van der Waals surface area contributed by atoms with Crippen LogP contribution < -0.4 is 4.72 Å². The lowest BCUT2D eigenvalue weighted by molar-refractivity contribution is -0.867. The maximum absolute atomic E-state index is 10.8. The number of alkyl halides is 1. The molecule has 0 aliphatic rings. The highest BCUT2D eigenvalue weighted by Crippen LogP contribution is 1.98. The van der Waals surface area contributed by atoms with Crippen LogP contribution in [0, 0.1) is 0 Å². The average Bonchev–Trinajstić information content (AvgIpc) is 1.96. The zero-order valence-electron chi connectivity index (χ0n) is 7.76. The lowest BCUT2D eigenvalue weighted by Crippen LogP contribution is -2.37. The van der Waals surface area contributed by atoms with Crippen LogP contribution in [-0.2, 0) is 4.79 Å². The molecule has 0 saturated carbocycles.